The van der Waals surface area contributed by atoms with Crippen LogP contribution in [0.25, 0.3) is 0 Å². The molecule has 0 bridgehead atoms. The molecule has 0 saturated heterocycles. The maximum absolute atomic E-state index is 10.8. The fraction of sp³-hybridized carbons (Fsp3) is 0.300. The summed E-state index contributed by atoms with van der Waals surface area (Å²) in [6.07, 6.45) is -1.04. The number of amides is 1. The Balaban J connectivity index is 3.12. The highest BCUT2D eigenvalue weighted by Crippen LogP contribution is 2.31. The molecule has 0 spiro atoms. The molecule has 1 rings (SSSR count). The molecule has 0 aliphatic rings. The fourth-order valence-electron chi connectivity index (χ4n) is 1.17. The summed E-state index contributed by atoms with van der Waals surface area (Å²) in [5.41, 5.74) is 0.478. The van der Waals surface area contributed by atoms with Crippen LogP contribution in [0.15, 0.2) is 18.2 Å². The standard InChI is InChI=1S/C10H13NO4/c1-11(10(12)13)8-5-4-7(14-2)6-9(8)15-3/h4-6H,1-3H3,(H,12,13). The molecule has 1 N–H and O–H groups in total. The van der Waals surface area contributed by atoms with E-state index < -0.39 is 6.09 Å². The van der Waals surface area contributed by atoms with Crippen LogP contribution in [-0.4, -0.2) is 32.5 Å². The van der Waals surface area contributed by atoms with Crippen molar-refractivity contribution in [2.24, 2.45) is 0 Å². The van der Waals surface area contributed by atoms with Crippen molar-refractivity contribution in [2.45, 2.75) is 0 Å². The van der Waals surface area contributed by atoms with Crippen LogP contribution in [0.2, 0.25) is 0 Å². The molecule has 1 amide bonds. The Kier molecular flexibility index (Phi) is 3.38. The monoisotopic (exact) mass is 211 g/mol. The molecule has 5 nitrogen and oxygen atoms in total. The molecule has 82 valence electrons. The second-order valence-electron chi connectivity index (χ2n) is 2.88. The first-order valence-electron chi connectivity index (χ1n) is 4.28. The van der Waals surface area contributed by atoms with Crippen LogP contribution in [-0.2, 0) is 0 Å². The zero-order valence-corrected chi connectivity index (χ0v) is 8.85. The molecule has 0 heterocycles. The third-order valence-electron chi connectivity index (χ3n) is 2.04. The van der Waals surface area contributed by atoms with Gasteiger partial charge in [-0.15, -0.1) is 0 Å². The Bertz CT molecular complexity index is 364. The van der Waals surface area contributed by atoms with E-state index in [-0.39, 0.29) is 0 Å². The van der Waals surface area contributed by atoms with E-state index in [2.05, 4.69) is 0 Å². The van der Waals surface area contributed by atoms with Crippen LogP contribution in [0.1, 0.15) is 0 Å². The van der Waals surface area contributed by atoms with E-state index in [1.54, 1.807) is 18.2 Å². The van der Waals surface area contributed by atoms with Crippen LogP contribution < -0.4 is 14.4 Å². The van der Waals surface area contributed by atoms with Gasteiger partial charge in [0.2, 0.25) is 0 Å². The summed E-state index contributed by atoms with van der Waals surface area (Å²) in [7, 11) is 4.47. The summed E-state index contributed by atoms with van der Waals surface area (Å²) in [5.74, 6) is 1.08. The molecule has 5 heteroatoms. The van der Waals surface area contributed by atoms with Crippen LogP contribution in [0, 0.1) is 0 Å². The number of carbonyl (C=O) groups is 1. The van der Waals surface area contributed by atoms with E-state index in [9.17, 15) is 4.79 Å². The summed E-state index contributed by atoms with van der Waals surface area (Å²) in [4.78, 5) is 11.8. The van der Waals surface area contributed by atoms with E-state index in [0.717, 1.165) is 4.90 Å². The molecule has 1 aromatic carbocycles. The molecular weight excluding hydrogens is 198 g/mol. The Morgan fingerprint density at radius 2 is 2.00 bits per heavy atom. The van der Waals surface area contributed by atoms with E-state index in [0.29, 0.717) is 17.2 Å². The zero-order chi connectivity index (χ0) is 11.4. The van der Waals surface area contributed by atoms with Gasteiger partial charge in [0.05, 0.1) is 19.9 Å². The normalized spacial score (nSPS) is 9.53. The first-order valence-corrected chi connectivity index (χ1v) is 4.28. The molecule has 1 aromatic rings. The number of nitrogens with zero attached hydrogens (tertiary/aromatic N) is 1. The Morgan fingerprint density at radius 1 is 1.33 bits per heavy atom. The number of anilines is 1. The largest absolute Gasteiger partial charge is 0.497 e. The fourth-order valence-corrected chi connectivity index (χ4v) is 1.17. The molecule has 15 heavy (non-hydrogen) atoms. The summed E-state index contributed by atoms with van der Waals surface area (Å²) >= 11 is 0. The predicted octanol–water partition coefficient (Wildman–Crippen LogP) is 1.82. The average Bonchev–Trinajstić information content (AvgIpc) is 2.27. The number of hydrogen-bond donors (Lipinski definition) is 1. The minimum absolute atomic E-state index is 0.458. The molecule has 0 aromatic heterocycles. The van der Waals surface area contributed by atoms with Crippen molar-refractivity contribution in [3.8, 4) is 11.5 Å². The van der Waals surface area contributed by atoms with Crippen molar-refractivity contribution in [2.75, 3.05) is 26.2 Å². The molecule has 0 saturated carbocycles. The van der Waals surface area contributed by atoms with Gasteiger partial charge in [0.15, 0.2) is 0 Å². The highest BCUT2D eigenvalue weighted by Gasteiger charge is 2.14. The third kappa shape index (κ3) is 2.31. The number of rotatable bonds is 3. The molecule has 0 fully saturated rings. The maximum atomic E-state index is 10.8. The van der Waals surface area contributed by atoms with E-state index in [1.165, 1.54) is 21.3 Å². The minimum Gasteiger partial charge on any atom is -0.497 e. The highest BCUT2D eigenvalue weighted by molar-refractivity contribution is 5.87. The smallest absolute Gasteiger partial charge is 0.411 e. The van der Waals surface area contributed by atoms with Gasteiger partial charge in [-0.25, -0.2) is 4.79 Å². The Labute approximate surface area is 87.8 Å². The van der Waals surface area contributed by atoms with Gasteiger partial charge in [-0.1, -0.05) is 0 Å². The minimum atomic E-state index is -1.04. The molecule has 0 atom stereocenters. The quantitative estimate of drug-likeness (QED) is 0.828. The predicted molar refractivity (Wildman–Crippen MR) is 56.0 cm³/mol. The van der Waals surface area contributed by atoms with Crippen molar-refractivity contribution >= 4 is 11.8 Å². The lowest BCUT2D eigenvalue weighted by Crippen LogP contribution is -2.24. The van der Waals surface area contributed by atoms with Gasteiger partial charge in [-0.05, 0) is 12.1 Å². The van der Waals surface area contributed by atoms with E-state index in [1.807, 2.05) is 0 Å². The lowest BCUT2D eigenvalue weighted by atomic mass is 10.2. The first-order chi connectivity index (χ1) is 7.10. The second-order valence-corrected chi connectivity index (χ2v) is 2.88. The van der Waals surface area contributed by atoms with Gasteiger partial charge < -0.3 is 14.6 Å². The highest BCUT2D eigenvalue weighted by atomic mass is 16.5. The van der Waals surface area contributed by atoms with Gasteiger partial charge in [-0.2, -0.15) is 0 Å². The molecule has 0 aliphatic carbocycles. The summed E-state index contributed by atoms with van der Waals surface area (Å²) < 4.78 is 10.1. The zero-order valence-electron chi connectivity index (χ0n) is 8.85. The molecular formula is C10H13NO4. The summed E-state index contributed by atoms with van der Waals surface area (Å²) in [6, 6.07) is 4.94. The van der Waals surface area contributed by atoms with Crippen molar-refractivity contribution in [1.29, 1.82) is 0 Å². The van der Waals surface area contributed by atoms with Crippen molar-refractivity contribution < 1.29 is 19.4 Å². The van der Waals surface area contributed by atoms with Gasteiger partial charge >= 0.3 is 6.09 Å². The topological polar surface area (TPSA) is 59.0 Å². The molecule has 0 aliphatic heterocycles. The number of hydrogen-bond acceptors (Lipinski definition) is 3. The van der Waals surface area contributed by atoms with Gasteiger partial charge in [0.1, 0.15) is 11.5 Å². The average molecular weight is 211 g/mol. The Hall–Kier alpha value is -1.91. The number of methoxy groups -OCH3 is 2. The second kappa shape index (κ2) is 4.54. The van der Waals surface area contributed by atoms with Crippen molar-refractivity contribution in [3.63, 3.8) is 0 Å². The third-order valence-corrected chi connectivity index (χ3v) is 2.04. The van der Waals surface area contributed by atoms with Crippen molar-refractivity contribution in [3.05, 3.63) is 18.2 Å². The van der Waals surface area contributed by atoms with Gasteiger partial charge in [0, 0.05) is 13.1 Å². The van der Waals surface area contributed by atoms with E-state index >= 15 is 0 Å². The van der Waals surface area contributed by atoms with Crippen LogP contribution in [0.4, 0.5) is 10.5 Å². The first kappa shape index (κ1) is 11.2. The number of benzene rings is 1. The lowest BCUT2D eigenvalue weighted by molar-refractivity contribution is 0.203. The van der Waals surface area contributed by atoms with Crippen LogP contribution in [0.3, 0.4) is 0 Å². The number of carboxylic acid groups (broad SMARTS) is 1. The maximum Gasteiger partial charge on any atom is 0.411 e. The summed E-state index contributed by atoms with van der Waals surface area (Å²) in [5, 5.41) is 8.82. The summed E-state index contributed by atoms with van der Waals surface area (Å²) in [6.45, 7) is 0. The number of ether oxygens (including phenoxy) is 2. The molecule has 0 radical (unpaired) electrons. The van der Waals surface area contributed by atoms with Crippen LogP contribution in [0.5, 0.6) is 11.5 Å². The Morgan fingerprint density at radius 3 is 2.47 bits per heavy atom. The van der Waals surface area contributed by atoms with Crippen molar-refractivity contribution in [1.82, 2.24) is 0 Å². The van der Waals surface area contributed by atoms with Gasteiger partial charge in [-0.3, -0.25) is 4.90 Å². The lowest BCUT2D eigenvalue weighted by Gasteiger charge is -2.17. The van der Waals surface area contributed by atoms with Gasteiger partial charge in [0.25, 0.3) is 0 Å². The van der Waals surface area contributed by atoms with E-state index in [4.69, 9.17) is 14.6 Å². The molecule has 0 unspecified atom stereocenters. The SMILES string of the molecule is COc1ccc(N(C)C(=O)O)c(OC)c1. The van der Waals surface area contributed by atoms with Crippen LogP contribution >= 0.6 is 0 Å².